The van der Waals surface area contributed by atoms with Gasteiger partial charge in [0.05, 0.1) is 7.11 Å². The number of anilines is 1. The lowest BCUT2D eigenvalue weighted by Crippen LogP contribution is -2.33. The van der Waals surface area contributed by atoms with Crippen molar-refractivity contribution in [2.75, 3.05) is 26.0 Å². The Hall–Kier alpha value is -3.62. The summed E-state index contributed by atoms with van der Waals surface area (Å²) in [5, 5.41) is 6.64. The van der Waals surface area contributed by atoms with Gasteiger partial charge >= 0.3 is 6.03 Å². The summed E-state index contributed by atoms with van der Waals surface area (Å²) in [5.41, 5.74) is 0.662. The van der Waals surface area contributed by atoms with Gasteiger partial charge in [-0.25, -0.2) is 9.18 Å². The Bertz CT molecular complexity index is 946. The summed E-state index contributed by atoms with van der Waals surface area (Å²) in [4.78, 5) is 18.0. The molecule has 0 saturated carbocycles. The summed E-state index contributed by atoms with van der Waals surface area (Å²) in [5.74, 6) is 1.02. The first-order valence-corrected chi connectivity index (χ1v) is 8.90. The molecule has 8 nitrogen and oxygen atoms in total. The van der Waals surface area contributed by atoms with Gasteiger partial charge in [0.25, 0.3) is 5.89 Å². The van der Waals surface area contributed by atoms with Crippen molar-refractivity contribution in [2.45, 2.75) is 13.0 Å². The Kier molecular flexibility index (Phi) is 6.62. The average Bonchev–Trinajstić information content (AvgIpc) is 3.20. The third-order valence-electron chi connectivity index (χ3n) is 4.06. The van der Waals surface area contributed by atoms with Crippen LogP contribution in [0, 0.1) is 5.82 Å². The molecule has 2 amide bonds. The molecule has 0 atom stereocenters. The quantitative estimate of drug-likeness (QED) is 0.622. The second-order valence-corrected chi connectivity index (χ2v) is 6.15. The van der Waals surface area contributed by atoms with E-state index in [4.69, 9.17) is 14.0 Å². The van der Waals surface area contributed by atoms with Crippen molar-refractivity contribution < 1.29 is 23.2 Å². The largest absolute Gasteiger partial charge is 0.497 e. The highest BCUT2D eigenvalue weighted by Crippen LogP contribution is 2.17. The van der Waals surface area contributed by atoms with Crippen LogP contribution in [0.25, 0.3) is 0 Å². The predicted octanol–water partition coefficient (Wildman–Crippen LogP) is 3.50. The maximum absolute atomic E-state index is 13.5. The van der Waals surface area contributed by atoms with Crippen molar-refractivity contribution in [2.24, 2.45) is 0 Å². The van der Waals surface area contributed by atoms with E-state index in [0.717, 1.165) is 0 Å². The highest BCUT2D eigenvalue weighted by atomic mass is 19.1. The number of para-hydroxylation sites is 1. The lowest BCUT2D eigenvalue weighted by atomic mass is 10.3. The molecule has 3 aromatic rings. The van der Waals surface area contributed by atoms with Crippen LogP contribution in [-0.4, -0.2) is 41.8 Å². The SMILES string of the molecule is COc1ccc(NC(=O)N(C)CCc2noc(COc3ccccc3F)n2)cc1. The average molecular weight is 400 g/mol. The summed E-state index contributed by atoms with van der Waals surface area (Å²) < 4.78 is 29.0. The first-order valence-electron chi connectivity index (χ1n) is 8.90. The molecule has 0 aliphatic carbocycles. The van der Waals surface area contributed by atoms with E-state index in [1.165, 1.54) is 17.0 Å². The molecule has 0 aliphatic rings. The molecule has 0 bridgehead atoms. The van der Waals surface area contributed by atoms with Gasteiger partial charge in [-0.05, 0) is 36.4 Å². The van der Waals surface area contributed by atoms with E-state index in [1.54, 1.807) is 50.6 Å². The Morgan fingerprint density at radius 1 is 1.21 bits per heavy atom. The highest BCUT2D eigenvalue weighted by Gasteiger charge is 2.13. The minimum absolute atomic E-state index is 0.0400. The van der Waals surface area contributed by atoms with Crippen molar-refractivity contribution >= 4 is 11.7 Å². The fourth-order valence-electron chi connectivity index (χ4n) is 2.41. The molecule has 9 heteroatoms. The van der Waals surface area contributed by atoms with E-state index in [-0.39, 0.29) is 24.3 Å². The summed E-state index contributed by atoms with van der Waals surface area (Å²) in [6.45, 7) is 0.344. The van der Waals surface area contributed by atoms with E-state index >= 15 is 0 Å². The number of nitrogens with one attached hydrogen (secondary N) is 1. The fourth-order valence-corrected chi connectivity index (χ4v) is 2.41. The number of amides is 2. The second kappa shape index (κ2) is 9.54. The van der Waals surface area contributed by atoms with Crippen LogP contribution in [0.5, 0.6) is 11.5 Å². The molecule has 3 rings (SSSR count). The van der Waals surface area contributed by atoms with Crippen molar-refractivity contribution in [1.29, 1.82) is 0 Å². The molecule has 1 aromatic heterocycles. The van der Waals surface area contributed by atoms with Crippen LogP contribution >= 0.6 is 0 Å². The second-order valence-electron chi connectivity index (χ2n) is 6.15. The molecule has 0 fully saturated rings. The maximum Gasteiger partial charge on any atom is 0.321 e. The van der Waals surface area contributed by atoms with Gasteiger partial charge in [-0.3, -0.25) is 0 Å². The van der Waals surface area contributed by atoms with E-state index in [0.29, 0.717) is 30.2 Å². The van der Waals surface area contributed by atoms with Crippen molar-refractivity contribution in [3.05, 3.63) is 66.1 Å². The van der Waals surface area contributed by atoms with Crippen LogP contribution < -0.4 is 14.8 Å². The number of methoxy groups -OCH3 is 1. The number of halogens is 1. The van der Waals surface area contributed by atoms with E-state index in [1.807, 2.05) is 0 Å². The van der Waals surface area contributed by atoms with Crippen LogP contribution in [0.4, 0.5) is 14.9 Å². The first-order chi connectivity index (χ1) is 14.0. The Morgan fingerprint density at radius 3 is 2.69 bits per heavy atom. The van der Waals surface area contributed by atoms with E-state index < -0.39 is 5.82 Å². The molecule has 152 valence electrons. The van der Waals surface area contributed by atoms with Crippen molar-refractivity contribution in [3.8, 4) is 11.5 Å². The topological polar surface area (TPSA) is 89.7 Å². The van der Waals surface area contributed by atoms with Gasteiger partial charge in [0.15, 0.2) is 24.0 Å². The number of nitrogens with zero attached hydrogens (tertiary/aromatic N) is 3. The smallest absolute Gasteiger partial charge is 0.321 e. The normalized spacial score (nSPS) is 10.4. The number of ether oxygens (including phenoxy) is 2. The summed E-state index contributed by atoms with van der Waals surface area (Å²) in [7, 11) is 3.25. The van der Waals surface area contributed by atoms with Crippen LogP contribution in [0.1, 0.15) is 11.7 Å². The molecule has 0 spiro atoms. The number of rotatable bonds is 8. The summed E-state index contributed by atoms with van der Waals surface area (Å²) in [6.07, 6.45) is 0.399. The maximum atomic E-state index is 13.5. The number of hydrogen-bond acceptors (Lipinski definition) is 6. The number of benzene rings is 2. The van der Waals surface area contributed by atoms with Crippen molar-refractivity contribution in [1.82, 2.24) is 15.0 Å². The molecule has 0 unspecified atom stereocenters. The Morgan fingerprint density at radius 2 is 1.97 bits per heavy atom. The van der Waals surface area contributed by atoms with E-state index in [2.05, 4.69) is 15.5 Å². The van der Waals surface area contributed by atoms with Crippen LogP contribution in [0.3, 0.4) is 0 Å². The number of aromatic nitrogens is 2. The van der Waals surface area contributed by atoms with Gasteiger partial charge in [0, 0.05) is 25.7 Å². The fraction of sp³-hybridized carbons (Fsp3) is 0.250. The van der Waals surface area contributed by atoms with Crippen molar-refractivity contribution in [3.63, 3.8) is 0 Å². The molecule has 0 saturated heterocycles. The number of carbonyl (C=O) groups is 1. The Labute approximate surface area is 167 Å². The highest BCUT2D eigenvalue weighted by molar-refractivity contribution is 5.89. The van der Waals surface area contributed by atoms with Crippen LogP contribution in [0.2, 0.25) is 0 Å². The van der Waals surface area contributed by atoms with Gasteiger partial charge in [0.1, 0.15) is 5.75 Å². The first kappa shape index (κ1) is 20.1. The Balaban J connectivity index is 1.45. The monoisotopic (exact) mass is 400 g/mol. The standard InChI is InChI=1S/C20H21FN4O4/c1-25(20(26)22-14-7-9-15(27-2)10-8-14)12-11-18-23-19(29-24-18)13-28-17-6-4-3-5-16(17)21/h3-10H,11-13H2,1-2H3,(H,22,26). The minimum atomic E-state index is -0.461. The molecular formula is C20H21FN4O4. The van der Waals surface area contributed by atoms with Gasteiger partial charge in [-0.2, -0.15) is 4.98 Å². The molecule has 29 heavy (non-hydrogen) atoms. The zero-order chi connectivity index (χ0) is 20.6. The zero-order valence-corrected chi connectivity index (χ0v) is 16.1. The lowest BCUT2D eigenvalue weighted by molar-refractivity contribution is 0.222. The number of hydrogen-bond donors (Lipinski definition) is 1. The third-order valence-corrected chi connectivity index (χ3v) is 4.06. The summed E-state index contributed by atoms with van der Waals surface area (Å²) >= 11 is 0. The number of carbonyl (C=O) groups excluding carboxylic acids is 1. The van der Waals surface area contributed by atoms with Gasteiger partial charge < -0.3 is 24.2 Å². The summed E-state index contributed by atoms with van der Waals surface area (Å²) in [6, 6.07) is 12.8. The zero-order valence-electron chi connectivity index (χ0n) is 16.1. The van der Waals surface area contributed by atoms with E-state index in [9.17, 15) is 9.18 Å². The number of urea groups is 1. The predicted molar refractivity (Wildman–Crippen MR) is 103 cm³/mol. The molecule has 0 radical (unpaired) electrons. The van der Waals surface area contributed by atoms with Gasteiger partial charge in [-0.15, -0.1) is 0 Å². The van der Waals surface area contributed by atoms with Gasteiger partial charge in [0.2, 0.25) is 0 Å². The minimum Gasteiger partial charge on any atom is -0.497 e. The molecule has 0 aliphatic heterocycles. The third kappa shape index (κ3) is 5.68. The molecule has 1 heterocycles. The number of likely N-dealkylation sites (N-methyl/N-ethyl adjacent to an activating group) is 1. The molecule has 1 N–H and O–H groups in total. The lowest BCUT2D eigenvalue weighted by Gasteiger charge is -2.17. The van der Waals surface area contributed by atoms with Gasteiger partial charge in [-0.1, -0.05) is 17.3 Å². The molecular weight excluding hydrogens is 379 g/mol. The van der Waals surface area contributed by atoms with Crippen LogP contribution in [0.15, 0.2) is 53.1 Å². The molecule has 2 aromatic carbocycles. The van der Waals surface area contributed by atoms with Crippen LogP contribution in [-0.2, 0) is 13.0 Å².